The molecule has 1 saturated heterocycles. The van der Waals surface area contributed by atoms with Gasteiger partial charge in [0.15, 0.2) is 11.5 Å². The first-order valence-electron chi connectivity index (χ1n) is 9.54. The van der Waals surface area contributed by atoms with Crippen LogP contribution in [-0.2, 0) is 14.8 Å². The summed E-state index contributed by atoms with van der Waals surface area (Å²) in [4.78, 5) is 13.7. The normalized spacial score (nSPS) is 15.4. The number of methoxy groups -OCH3 is 2. The van der Waals surface area contributed by atoms with Gasteiger partial charge in [0.25, 0.3) is 0 Å². The van der Waals surface area contributed by atoms with Crippen molar-refractivity contribution in [2.75, 3.05) is 25.7 Å². The summed E-state index contributed by atoms with van der Waals surface area (Å²) in [5.74, 6) is 1.20. The Morgan fingerprint density at radius 3 is 2.31 bits per heavy atom. The molecule has 1 atom stereocenters. The lowest BCUT2D eigenvalue weighted by atomic mass is 10.1. The van der Waals surface area contributed by atoms with E-state index in [4.69, 9.17) is 9.47 Å². The third kappa shape index (κ3) is 4.54. The summed E-state index contributed by atoms with van der Waals surface area (Å²) in [6.45, 7) is 2.58. The molecule has 0 saturated carbocycles. The van der Waals surface area contributed by atoms with Gasteiger partial charge in [0.2, 0.25) is 15.9 Å². The van der Waals surface area contributed by atoms with E-state index < -0.39 is 16.1 Å². The lowest BCUT2D eigenvalue weighted by Crippen LogP contribution is -2.28. The van der Waals surface area contributed by atoms with Gasteiger partial charge in [0.05, 0.1) is 19.1 Å². The molecule has 0 aliphatic carbocycles. The smallest absolute Gasteiger partial charge is 0.241 e. The number of benzene rings is 2. The number of hydrogen-bond donors (Lipinski definition) is 1. The van der Waals surface area contributed by atoms with Crippen LogP contribution < -0.4 is 19.1 Å². The largest absolute Gasteiger partial charge is 0.493 e. The van der Waals surface area contributed by atoms with Crippen LogP contribution in [0, 0.1) is 0 Å². The van der Waals surface area contributed by atoms with Crippen LogP contribution in [-0.4, -0.2) is 35.1 Å². The van der Waals surface area contributed by atoms with Crippen LogP contribution in [0.5, 0.6) is 11.5 Å². The molecule has 156 valence electrons. The average molecular weight is 419 g/mol. The van der Waals surface area contributed by atoms with Crippen molar-refractivity contribution in [3.8, 4) is 11.5 Å². The number of carbonyl (C=O) groups excluding carboxylic acids is 1. The molecule has 0 radical (unpaired) electrons. The fourth-order valence-electron chi connectivity index (χ4n) is 3.44. The highest BCUT2D eigenvalue weighted by molar-refractivity contribution is 7.89. The number of anilines is 1. The van der Waals surface area contributed by atoms with Crippen LogP contribution in [0.3, 0.4) is 0 Å². The van der Waals surface area contributed by atoms with E-state index in [-0.39, 0.29) is 10.8 Å². The molecule has 29 heavy (non-hydrogen) atoms. The van der Waals surface area contributed by atoms with Crippen molar-refractivity contribution in [2.24, 2.45) is 0 Å². The van der Waals surface area contributed by atoms with Crippen LogP contribution >= 0.6 is 0 Å². The van der Waals surface area contributed by atoms with E-state index in [1.807, 2.05) is 13.0 Å². The predicted molar refractivity (Wildman–Crippen MR) is 111 cm³/mol. The van der Waals surface area contributed by atoms with Gasteiger partial charge < -0.3 is 14.4 Å². The fraction of sp³-hybridized carbons (Fsp3) is 0.381. The van der Waals surface area contributed by atoms with E-state index in [1.165, 1.54) is 12.1 Å². The summed E-state index contributed by atoms with van der Waals surface area (Å²) in [6.07, 6.45) is 1.92. The van der Waals surface area contributed by atoms with Gasteiger partial charge >= 0.3 is 0 Å². The first kappa shape index (κ1) is 21.1. The third-order valence-electron chi connectivity index (χ3n) is 5.05. The molecule has 8 heteroatoms. The number of hydrogen-bond acceptors (Lipinski definition) is 5. The van der Waals surface area contributed by atoms with Crippen molar-refractivity contribution in [1.82, 2.24) is 4.72 Å². The molecule has 0 unspecified atom stereocenters. The molecule has 1 fully saturated rings. The molecule has 2 aromatic rings. The molecule has 0 bridgehead atoms. The zero-order valence-corrected chi connectivity index (χ0v) is 17.7. The first-order chi connectivity index (χ1) is 13.9. The van der Waals surface area contributed by atoms with Crippen molar-refractivity contribution in [3.63, 3.8) is 0 Å². The number of nitrogens with zero attached hydrogens (tertiary/aromatic N) is 1. The van der Waals surface area contributed by atoms with Gasteiger partial charge in [0, 0.05) is 24.7 Å². The molecule has 0 aromatic heterocycles. The lowest BCUT2D eigenvalue weighted by molar-refractivity contribution is -0.117. The molecular weight excluding hydrogens is 392 g/mol. The zero-order chi connectivity index (χ0) is 21.0. The second-order valence-electron chi connectivity index (χ2n) is 6.84. The second kappa shape index (κ2) is 8.84. The van der Waals surface area contributed by atoms with Gasteiger partial charge in [-0.1, -0.05) is 13.0 Å². The van der Waals surface area contributed by atoms with E-state index in [1.54, 1.807) is 43.4 Å². The predicted octanol–water partition coefficient (Wildman–Crippen LogP) is 3.26. The van der Waals surface area contributed by atoms with Gasteiger partial charge in [-0.25, -0.2) is 13.1 Å². The quantitative estimate of drug-likeness (QED) is 0.711. The maximum atomic E-state index is 12.9. The van der Waals surface area contributed by atoms with Gasteiger partial charge in [-0.15, -0.1) is 0 Å². The van der Waals surface area contributed by atoms with E-state index in [2.05, 4.69) is 4.72 Å². The minimum Gasteiger partial charge on any atom is -0.493 e. The molecule has 1 N–H and O–H groups in total. The van der Waals surface area contributed by atoms with Crippen LogP contribution in [0.4, 0.5) is 5.69 Å². The molecule has 1 aliphatic heterocycles. The van der Waals surface area contributed by atoms with Crippen molar-refractivity contribution in [2.45, 2.75) is 37.1 Å². The van der Waals surface area contributed by atoms with Crippen molar-refractivity contribution >= 4 is 21.6 Å². The Hall–Kier alpha value is -2.58. The van der Waals surface area contributed by atoms with E-state index >= 15 is 0 Å². The van der Waals surface area contributed by atoms with Crippen LogP contribution in [0.2, 0.25) is 0 Å². The lowest BCUT2D eigenvalue weighted by Gasteiger charge is -2.20. The highest BCUT2D eigenvalue weighted by atomic mass is 32.2. The molecular formula is C21H26N2O5S. The number of nitrogens with one attached hydrogen (secondary N) is 1. The minimum atomic E-state index is -3.73. The van der Waals surface area contributed by atoms with Crippen LogP contribution in [0.1, 0.15) is 37.8 Å². The molecule has 1 amide bonds. The van der Waals surface area contributed by atoms with Gasteiger partial charge in [0.1, 0.15) is 0 Å². The summed E-state index contributed by atoms with van der Waals surface area (Å²) in [6, 6.07) is 11.4. The SMILES string of the molecule is CC[C@@H](NS(=O)(=O)c1ccc(N2CCCC2=O)cc1)c1ccc(OC)c(OC)c1. The van der Waals surface area contributed by atoms with E-state index in [0.717, 1.165) is 17.7 Å². The van der Waals surface area contributed by atoms with Gasteiger partial charge in [-0.2, -0.15) is 0 Å². The molecule has 3 rings (SSSR count). The Morgan fingerprint density at radius 1 is 1.07 bits per heavy atom. The Balaban J connectivity index is 1.80. The number of carbonyl (C=O) groups is 1. The number of ether oxygens (including phenoxy) is 2. The maximum absolute atomic E-state index is 12.9. The van der Waals surface area contributed by atoms with Crippen molar-refractivity contribution in [3.05, 3.63) is 48.0 Å². The van der Waals surface area contributed by atoms with E-state index in [9.17, 15) is 13.2 Å². The van der Waals surface area contributed by atoms with Gasteiger partial charge in [-0.05, 0) is 54.8 Å². The average Bonchev–Trinajstić information content (AvgIpc) is 3.17. The number of rotatable bonds is 8. The molecule has 1 heterocycles. The zero-order valence-electron chi connectivity index (χ0n) is 16.8. The molecule has 7 nitrogen and oxygen atoms in total. The Kier molecular flexibility index (Phi) is 6.44. The molecule has 0 spiro atoms. The second-order valence-corrected chi connectivity index (χ2v) is 8.55. The summed E-state index contributed by atoms with van der Waals surface area (Å²) in [5.41, 5.74) is 1.51. The molecule has 1 aliphatic rings. The fourth-order valence-corrected chi connectivity index (χ4v) is 4.75. The first-order valence-corrected chi connectivity index (χ1v) is 11.0. The Bertz CT molecular complexity index is 973. The highest BCUT2D eigenvalue weighted by Gasteiger charge is 2.24. The monoisotopic (exact) mass is 418 g/mol. The topological polar surface area (TPSA) is 84.9 Å². The van der Waals surface area contributed by atoms with E-state index in [0.29, 0.717) is 30.9 Å². The van der Waals surface area contributed by atoms with Crippen molar-refractivity contribution in [1.29, 1.82) is 0 Å². The highest BCUT2D eigenvalue weighted by Crippen LogP contribution is 2.31. The maximum Gasteiger partial charge on any atom is 0.241 e. The molecule has 2 aromatic carbocycles. The van der Waals surface area contributed by atoms with Crippen LogP contribution in [0.15, 0.2) is 47.4 Å². The number of sulfonamides is 1. The van der Waals surface area contributed by atoms with Crippen LogP contribution in [0.25, 0.3) is 0 Å². The Morgan fingerprint density at radius 2 is 1.76 bits per heavy atom. The Labute approximate surface area is 171 Å². The summed E-state index contributed by atoms with van der Waals surface area (Å²) >= 11 is 0. The summed E-state index contributed by atoms with van der Waals surface area (Å²) < 4.78 is 39.1. The van der Waals surface area contributed by atoms with Gasteiger partial charge in [-0.3, -0.25) is 4.79 Å². The minimum absolute atomic E-state index is 0.0678. The summed E-state index contributed by atoms with van der Waals surface area (Å²) in [7, 11) is -0.641. The third-order valence-corrected chi connectivity index (χ3v) is 6.54. The van der Waals surface area contributed by atoms with Crippen molar-refractivity contribution < 1.29 is 22.7 Å². The number of amides is 1. The standard InChI is InChI=1S/C21H26N2O5S/c1-4-18(15-7-12-19(27-2)20(14-15)28-3)22-29(25,26)17-10-8-16(9-11-17)23-13-5-6-21(23)24/h7-12,14,18,22H,4-6,13H2,1-3H3/t18-/m1/s1. The summed E-state index contributed by atoms with van der Waals surface area (Å²) in [5, 5.41) is 0.